The van der Waals surface area contributed by atoms with Gasteiger partial charge in [-0.1, -0.05) is 29.3 Å². The third kappa shape index (κ3) is 2.90. The molecule has 0 saturated carbocycles. The Morgan fingerprint density at radius 1 is 1.15 bits per heavy atom. The van der Waals surface area contributed by atoms with E-state index in [-0.39, 0.29) is 0 Å². The first-order chi connectivity index (χ1) is 9.74. The highest BCUT2D eigenvalue weighted by molar-refractivity contribution is 7.17. The Labute approximate surface area is 131 Å². The second kappa shape index (κ2) is 6.00. The molecule has 0 aliphatic heterocycles. The molecule has 5 heteroatoms. The second-order valence-electron chi connectivity index (χ2n) is 4.40. The maximum atomic E-state index is 6.16. The minimum absolute atomic E-state index is 0.663. The lowest BCUT2D eigenvalue weighted by Gasteiger charge is -2.08. The van der Waals surface area contributed by atoms with Crippen molar-refractivity contribution in [3.05, 3.63) is 57.5 Å². The number of fused-ring (bicyclic) bond motifs is 1. The molecule has 0 fully saturated rings. The molecule has 3 aromatic rings. The zero-order valence-corrected chi connectivity index (χ0v) is 12.9. The van der Waals surface area contributed by atoms with E-state index in [4.69, 9.17) is 23.2 Å². The molecule has 1 aromatic carbocycles. The van der Waals surface area contributed by atoms with Gasteiger partial charge in [-0.25, -0.2) is 4.98 Å². The fraction of sp³-hybridized carbons (Fsp3) is 0.133. The lowest BCUT2D eigenvalue weighted by atomic mass is 10.1. The molecule has 20 heavy (non-hydrogen) atoms. The van der Waals surface area contributed by atoms with E-state index in [0.717, 1.165) is 24.3 Å². The molecule has 0 aliphatic rings. The molecular formula is C15H12Cl2N2S. The minimum Gasteiger partial charge on any atom is -0.369 e. The third-order valence-corrected chi connectivity index (χ3v) is 4.55. The van der Waals surface area contributed by atoms with Gasteiger partial charge in [0.2, 0.25) is 0 Å². The molecule has 0 radical (unpaired) electrons. The summed E-state index contributed by atoms with van der Waals surface area (Å²) in [6, 6.07) is 9.72. The van der Waals surface area contributed by atoms with Gasteiger partial charge in [0.05, 0.1) is 0 Å². The summed E-state index contributed by atoms with van der Waals surface area (Å²) in [7, 11) is 0. The van der Waals surface area contributed by atoms with Crippen LogP contribution < -0.4 is 5.32 Å². The monoisotopic (exact) mass is 322 g/mol. The molecule has 2 aromatic heterocycles. The molecule has 0 aliphatic carbocycles. The van der Waals surface area contributed by atoms with E-state index in [2.05, 4.69) is 21.7 Å². The summed E-state index contributed by atoms with van der Waals surface area (Å²) in [5.74, 6) is 0.925. The summed E-state index contributed by atoms with van der Waals surface area (Å²) in [4.78, 5) is 4.39. The Balaban J connectivity index is 1.69. The normalized spacial score (nSPS) is 10.9. The number of thiophene rings is 1. The van der Waals surface area contributed by atoms with Gasteiger partial charge in [0.15, 0.2) is 0 Å². The van der Waals surface area contributed by atoms with Gasteiger partial charge in [-0.15, -0.1) is 11.3 Å². The van der Waals surface area contributed by atoms with Crippen molar-refractivity contribution in [3.8, 4) is 0 Å². The van der Waals surface area contributed by atoms with Crippen LogP contribution in [0.1, 0.15) is 5.56 Å². The largest absolute Gasteiger partial charge is 0.369 e. The Bertz CT molecular complexity index is 740. The molecule has 102 valence electrons. The van der Waals surface area contributed by atoms with E-state index in [1.165, 1.54) is 10.1 Å². The van der Waals surface area contributed by atoms with Crippen molar-refractivity contribution in [1.29, 1.82) is 0 Å². The zero-order valence-electron chi connectivity index (χ0n) is 10.6. The first kappa shape index (κ1) is 13.7. The first-order valence-electron chi connectivity index (χ1n) is 6.24. The number of nitrogens with one attached hydrogen (secondary N) is 1. The van der Waals surface area contributed by atoms with E-state index >= 15 is 0 Å². The number of nitrogens with zero attached hydrogens (tertiary/aromatic N) is 1. The van der Waals surface area contributed by atoms with Gasteiger partial charge < -0.3 is 5.32 Å². The van der Waals surface area contributed by atoms with Gasteiger partial charge in [0, 0.05) is 32.9 Å². The van der Waals surface area contributed by atoms with Crippen LogP contribution in [0.2, 0.25) is 10.0 Å². The number of aromatic nitrogens is 1. The van der Waals surface area contributed by atoms with Crippen LogP contribution in [0.15, 0.2) is 41.9 Å². The highest BCUT2D eigenvalue weighted by Crippen LogP contribution is 2.26. The molecule has 2 heterocycles. The van der Waals surface area contributed by atoms with Crippen LogP contribution in [0.3, 0.4) is 0 Å². The standard InChI is InChI=1S/C15H12Cl2N2S/c16-11-2-1-10(13(17)9-11)3-6-18-15-12-5-8-20-14(12)4-7-19-15/h1-2,4-5,7-9H,3,6H2,(H,18,19). The van der Waals surface area contributed by atoms with Crippen LogP contribution >= 0.6 is 34.5 Å². The van der Waals surface area contributed by atoms with Crippen molar-refractivity contribution in [2.75, 3.05) is 11.9 Å². The summed E-state index contributed by atoms with van der Waals surface area (Å²) < 4.78 is 1.24. The molecule has 0 saturated heterocycles. The number of halogens is 2. The van der Waals surface area contributed by atoms with Gasteiger partial charge >= 0.3 is 0 Å². The van der Waals surface area contributed by atoms with Crippen LogP contribution in [0.5, 0.6) is 0 Å². The number of hydrogen-bond acceptors (Lipinski definition) is 3. The van der Waals surface area contributed by atoms with Crippen molar-refractivity contribution in [2.45, 2.75) is 6.42 Å². The number of pyridine rings is 1. The molecule has 3 rings (SSSR count). The van der Waals surface area contributed by atoms with Gasteiger partial charge in [-0.2, -0.15) is 0 Å². The molecule has 0 amide bonds. The van der Waals surface area contributed by atoms with Crippen LogP contribution in [-0.2, 0) is 6.42 Å². The van der Waals surface area contributed by atoms with Crippen LogP contribution in [0.4, 0.5) is 5.82 Å². The fourth-order valence-corrected chi connectivity index (χ4v) is 3.36. The van der Waals surface area contributed by atoms with Gasteiger partial charge in [0.25, 0.3) is 0 Å². The molecule has 0 unspecified atom stereocenters. The van der Waals surface area contributed by atoms with Crippen molar-refractivity contribution >= 4 is 50.4 Å². The average Bonchev–Trinajstić information content (AvgIpc) is 2.90. The fourth-order valence-electron chi connectivity index (χ4n) is 2.08. The molecular weight excluding hydrogens is 311 g/mol. The maximum absolute atomic E-state index is 6.16. The number of hydrogen-bond donors (Lipinski definition) is 1. The smallest absolute Gasteiger partial charge is 0.134 e. The Hall–Kier alpha value is -1.29. The van der Waals surface area contributed by atoms with Crippen LogP contribution in [0, 0.1) is 0 Å². The van der Waals surface area contributed by atoms with Crippen molar-refractivity contribution in [3.63, 3.8) is 0 Å². The van der Waals surface area contributed by atoms with E-state index < -0.39 is 0 Å². The predicted octanol–water partition coefficient (Wildman–Crippen LogP) is 5.26. The Morgan fingerprint density at radius 3 is 2.90 bits per heavy atom. The van der Waals surface area contributed by atoms with Crippen molar-refractivity contribution in [1.82, 2.24) is 4.98 Å². The SMILES string of the molecule is Clc1ccc(CCNc2nccc3sccc23)c(Cl)c1. The minimum atomic E-state index is 0.663. The van der Waals surface area contributed by atoms with Crippen molar-refractivity contribution in [2.24, 2.45) is 0 Å². The predicted molar refractivity (Wildman–Crippen MR) is 88.3 cm³/mol. The van der Waals surface area contributed by atoms with E-state index in [9.17, 15) is 0 Å². The molecule has 0 atom stereocenters. The number of benzene rings is 1. The highest BCUT2D eigenvalue weighted by atomic mass is 35.5. The zero-order chi connectivity index (χ0) is 13.9. The van der Waals surface area contributed by atoms with Gasteiger partial charge in [-0.3, -0.25) is 0 Å². The Morgan fingerprint density at radius 2 is 2.05 bits per heavy atom. The second-order valence-corrected chi connectivity index (χ2v) is 6.20. The van der Waals surface area contributed by atoms with E-state index in [1.807, 2.05) is 24.4 Å². The number of rotatable bonds is 4. The number of anilines is 1. The summed E-state index contributed by atoms with van der Waals surface area (Å²) in [5.41, 5.74) is 1.08. The summed E-state index contributed by atoms with van der Waals surface area (Å²) >= 11 is 13.8. The molecule has 2 nitrogen and oxygen atoms in total. The topological polar surface area (TPSA) is 24.9 Å². The Kier molecular flexibility index (Phi) is 4.10. The molecule has 1 N–H and O–H groups in total. The van der Waals surface area contributed by atoms with Gasteiger partial charge in [0.1, 0.15) is 5.82 Å². The lowest BCUT2D eigenvalue weighted by Crippen LogP contribution is -2.06. The summed E-state index contributed by atoms with van der Waals surface area (Å²) in [6.45, 7) is 0.781. The van der Waals surface area contributed by atoms with Crippen LogP contribution in [-0.4, -0.2) is 11.5 Å². The van der Waals surface area contributed by atoms with Crippen molar-refractivity contribution < 1.29 is 0 Å². The quantitative estimate of drug-likeness (QED) is 0.708. The first-order valence-corrected chi connectivity index (χ1v) is 7.87. The van der Waals surface area contributed by atoms with Crippen LogP contribution in [0.25, 0.3) is 10.1 Å². The highest BCUT2D eigenvalue weighted by Gasteiger charge is 2.04. The summed E-state index contributed by atoms with van der Waals surface area (Å²) in [6.07, 6.45) is 2.66. The lowest BCUT2D eigenvalue weighted by molar-refractivity contribution is 1.01. The third-order valence-electron chi connectivity index (χ3n) is 3.08. The van der Waals surface area contributed by atoms with Gasteiger partial charge in [-0.05, 0) is 41.6 Å². The maximum Gasteiger partial charge on any atom is 0.134 e. The molecule has 0 spiro atoms. The van der Waals surface area contributed by atoms with E-state index in [1.54, 1.807) is 17.4 Å². The summed E-state index contributed by atoms with van der Waals surface area (Å²) in [5, 5.41) is 7.98. The molecule has 0 bridgehead atoms. The van der Waals surface area contributed by atoms with E-state index in [0.29, 0.717) is 10.0 Å². The average molecular weight is 323 g/mol.